The lowest BCUT2D eigenvalue weighted by Crippen LogP contribution is -2.74. The second kappa shape index (κ2) is 6.78. The molecule has 1 heterocycles. The summed E-state index contributed by atoms with van der Waals surface area (Å²) in [6.07, 6.45) is 0.464. The van der Waals surface area contributed by atoms with Crippen molar-refractivity contribution in [1.29, 1.82) is 0 Å². The summed E-state index contributed by atoms with van der Waals surface area (Å²) in [7, 11) is 0. The number of amides is 1. The van der Waals surface area contributed by atoms with E-state index in [9.17, 15) is 9.59 Å². The lowest BCUT2D eigenvalue weighted by Gasteiger charge is -2.57. The normalized spacial score (nSPS) is 24.2. The van der Waals surface area contributed by atoms with Gasteiger partial charge in [0, 0.05) is 35.6 Å². The highest BCUT2D eigenvalue weighted by Crippen LogP contribution is 2.50. The summed E-state index contributed by atoms with van der Waals surface area (Å²) >= 11 is 0. The Bertz CT molecular complexity index is 848. The summed E-state index contributed by atoms with van der Waals surface area (Å²) in [5.41, 5.74) is 5.63. The Morgan fingerprint density at radius 3 is 2.72 bits per heavy atom. The van der Waals surface area contributed by atoms with Crippen LogP contribution in [-0.4, -0.2) is 24.2 Å². The second-order valence-electron chi connectivity index (χ2n) is 6.80. The molecule has 136 valence electrons. The molecule has 0 bridgehead atoms. The van der Waals surface area contributed by atoms with Crippen LogP contribution in [-0.2, 0) is 9.53 Å². The third-order valence-corrected chi connectivity index (χ3v) is 5.11. The van der Waals surface area contributed by atoms with Crippen molar-refractivity contribution in [1.82, 2.24) is 0 Å². The Balaban J connectivity index is 0.00000225. The van der Waals surface area contributed by atoms with Crippen molar-refractivity contribution >= 4 is 35.0 Å². The van der Waals surface area contributed by atoms with Crippen LogP contribution in [0.1, 0.15) is 27.2 Å². The molecular formula is C18H23ClN2O4. The van der Waals surface area contributed by atoms with Crippen molar-refractivity contribution in [3.63, 3.8) is 0 Å². The number of carbonyl (C=O) groups is 1. The largest absolute Gasteiger partial charge is 0.423 e. The van der Waals surface area contributed by atoms with E-state index in [0.29, 0.717) is 24.3 Å². The zero-order valence-corrected chi connectivity index (χ0v) is 15.3. The van der Waals surface area contributed by atoms with Gasteiger partial charge in [-0.25, -0.2) is 4.79 Å². The number of rotatable bonds is 4. The molecule has 1 aromatic carbocycles. The maximum atomic E-state index is 12.7. The molecule has 1 amide bonds. The third-order valence-electron chi connectivity index (χ3n) is 5.11. The standard InChI is InChI=1S/C18H22N2O4.ClH/c1-4-23-14-10-18(19,17(14,2)3)16(22)20-12-6-7-13-11(9-12)5-8-15(21)24-13;/h5-9,14H,4,10,19H2,1-3H3,(H,20,22);1H. The molecule has 3 rings (SSSR count). The highest BCUT2D eigenvalue weighted by molar-refractivity contribution is 6.00. The molecule has 0 radical (unpaired) electrons. The van der Waals surface area contributed by atoms with Gasteiger partial charge in [-0.1, -0.05) is 13.8 Å². The number of anilines is 1. The van der Waals surface area contributed by atoms with E-state index >= 15 is 0 Å². The molecule has 0 saturated heterocycles. The number of hydrogen-bond acceptors (Lipinski definition) is 5. The highest BCUT2D eigenvalue weighted by Gasteiger charge is 2.62. The molecule has 6 nitrogen and oxygen atoms in total. The number of carbonyl (C=O) groups excluding carboxylic acids is 1. The van der Waals surface area contributed by atoms with Gasteiger partial charge in [-0.15, -0.1) is 12.4 Å². The summed E-state index contributed by atoms with van der Waals surface area (Å²) in [6.45, 7) is 6.43. The maximum Gasteiger partial charge on any atom is 0.336 e. The molecule has 1 aliphatic carbocycles. The predicted octanol–water partition coefficient (Wildman–Crippen LogP) is 2.69. The molecular weight excluding hydrogens is 344 g/mol. The summed E-state index contributed by atoms with van der Waals surface area (Å²) in [6, 6.07) is 8.11. The van der Waals surface area contributed by atoms with Crippen molar-refractivity contribution < 1.29 is 13.9 Å². The van der Waals surface area contributed by atoms with Gasteiger partial charge >= 0.3 is 5.63 Å². The van der Waals surface area contributed by atoms with Gasteiger partial charge in [0.1, 0.15) is 11.1 Å². The third kappa shape index (κ3) is 3.17. The van der Waals surface area contributed by atoms with Crippen LogP contribution < -0.4 is 16.7 Å². The number of hydrogen-bond donors (Lipinski definition) is 2. The monoisotopic (exact) mass is 366 g/mol. The first-order chi connectivity index (χ1) is 11.3. The second-order valence-corrected chi connectivity index (χ2v) is 6.80. The number of benzene rings is 1. The Hall–Kier alpha value is -1.89. The SMILES string of the molecule is CCOC1CC(N)(C(=O)Nc2ccc3oc(=O)ccc3c2)C1(C)C.Cl. The van der Waals surface area contributed by atoms with Gasteiger partial charge in [0.25, 0.3) is 0 Å². The molecule has 0 aliphatic heterocycles. The van der Waals surface area contributed by atoms with Gasteiger partial charge in [-0.3, -0.25) is 4.79 Å². The Morgan fingerprint density at radius 2 is 2.08 bits per heavy atom. The van der Waals surface area contributed by atoms with Crippen LogP contribution in [0.25, 0.3) is 11.0 Å². The van der Waals surface area contributed by atoms with Crippen molar-refractivity contribution in [3.8, 4) is 0 Å². The predicted molar refractivity (Wildman–Crippen MR) is 99.1 cm³/mol. The summed E-state index contributed by atoms with van der Waals surface area (Å²) in [4.78, 5) is 23.9. The molecule has 3 N–H and O–H groups in total. The molecule has 25 heavy (non-hydrogen) atoms. The lowest BCUT2D eigenvalue weighted by molar-refractivity contribution is -0.166. The Kier molecular flexibility index (Phi) is 5.27. The summed E-state index contributed by atoms with van der Waals surface area (Å²) in [5, 5.41) is 3.60. The number of halogens is 1. The minimum Gasteiger partial charge on any atom is -0.423 e. The van der Waals surface area contributed by atoms with Crippen molar-refractivity contribution in [2.75, 3.05) is 11.9 Å². The zero-order chi connectivity index (χ0) is 17.5. The van der Waals surface area contributed by atoms with Gasteiger partial charge in [-0.05, 0) is 31.2 Å². The zero-order valence-electron chi connectivity index (χ0n) is 14.5. The lowest BCUT2D eigenvalue weighted by atomic mass is 9.54. The van der Waals surface area contributed by atoms with E-state index in [1.807, 2.05) is 20.8 Å². The first-order valence-corrected chi connectivity index (χ1v) is 8.04. The fourth-order valence-corrected chi connectivity index (χ4v) is 3.21. The van der Waals surface area contributed by atoms with E-state index in [4.69, 9.17) is 14.9 Å². The van der Waals surface area contributed by atoms with Gasteiger partial charge in [0.05, 0.1) is 6.10 Å². The summed E-state index contributed by atoms with van der Waals surface area (Å²) in [5.74, 6) is -0.236. The maximum absolute atomic E-state index is 12.7. The van der Waals surface area contributed by atoms with E-state index in [1.54, 1.807) is 24.3 Å². The molecule has 1 aromatic heterocycles. The molecule has 1 saturated carbocycles. The highest BCUT2D eigenvalue weighted by atomic mass is 35.5. The van der Waals surface area contributed by atoms with E-state index in [1.165, 1.54) is 6.07 Å². The molecule has 2 aromatic rings. The first-order valence-electron chi connectivity index (χ1n) is 8.04. The molecule has 0 spiro atoms. The average Bonchev–Trinajstić information content (AvgIpc) is 2.54. The van der Waals surface area contributed by atoms with E-state index < -0.39 is 16.6 Å². The molecule has 7 heteroatoms. The van der Waals surface area contributed by atoms with Crippen LogP contribution in [0, 0.1) is 5.41 Å². The van der Waals surface area contributed by atoms with E-state index in [0.717, 1.165) is 5.39 Å². The number of fused-ring (bicyclic) bond motifs is 1. The van der Waals surface area contributed by atoms with Gasteiger partial charge in [-0.2, -0.15) is 0 Å². The van der Waals surface area contributed by atoms with E-state index in [2.05, 4.69) is 5.32 Å². The van der Waals surface area contributed by atoms with Crippen molar-refractivity contribution in [3.05, 3.63) is 40.8 Å². The van der Waals surface area contributed by atoms with Crippen LogP contribution in [0.15, 0.2) is 39.5 Å². The number of ether oxygens (including phenoxy) is 1. The van der Waals surface area contributed by atoms with Crippen LogP contribution in [0.3, 0.4) is 0 Å². The quantitative estimate of drug-likeness (QED) is 0.811. The molecule has 2 atom stereocenters. The van der Waals surface area contributed by atoms with E-state index in [-0.39, 0.29) is 24.4 Å². The fraction of sp³-hybridized carbons (Fsp3) is 0.444. The van der Waals surface area contributed by atoms with Gasteiger partial charge < -0.3 is 20.2 Å². The Labute approximate surface area is 152 Å². The smallest absolute Gasteiger partial charge is 0.336 e. The van der Waals surface area contributed by atoms with Crippen molar-refractivity contribution in [2.24, 2.45) is 11.1 Å². The average molecular weight is 367 g/mol. The minimum absolute atomic E-state index is 0. The van der Waals surface area contributed by atoms with Crippen molar-refractivity contribution in [2.45, 2.75) is 38.8 Å². The number of nitrogens with one attached hydrogen (secondary N) is 1. The molecule has 2 unspecified atom stereocenters. The van der Waals surface area contributed by atoms with Crippen LogP contribution in [0.5, 0.6) is 0 Å². The van der Waals surface area contributed by atoms with Crippen LogP contribution >= 0.6 is 12.4 Å². The number of nitrogens with two attached hydrogens (primary N) is 1. The molecule has 1 aliphatic rings. The first kappa shape index (κ1) is 19.4. The minimum atomic E-state index is -0.981. The topological polar surface area (TPSA) is 94.6 Å². The fourth-order valence-electron chi connectivity index (χ4n) is 3.21. The Morgan fingerprint density at radius 1 is 1.36 bits per heavy atom. The van der Waals surface area contributed by atoms with Crippen LogP contribution in [0.4, 0.5) is 5.69 Å². The van der Waals surface area contributed by atoms with Gasteiger partial charge in [0.15, 0.2) is 0 Å². The summed E-state index contributed by atoms with van der Waals surface area (Å²) < 4.78 is 10.7. The molecule has 1 fully saturated rings. The van der Waals surface area contributed by atoms with Gasteiger partial charge in [0.2, 0.25) is 5.91 Å². The van der Waals surface area contributed by atoms with Crippen LogP contribution in [0.2, 0.25) is 0 Å².